The lowest BCUT2D eigenvalue weighted by Gasteiger charge is -2.23. The minimum absolute atomic E-state index is 1.06. The van der Waals surface area contributed by atoms with E-state index < -0.39 is 0 Å². The summed E-state index contributed by atoms with van der Waals surface area (Å²) in [5, 5.41) is 1.37. The standard InChI is InChI=1S/C13H17IN2/c1-3-16(8-7-14)12-6-4-5-11-13(12)10(2)9-15-11/h4-6,9,15H,3,7-8H2,1-2H3. The number of rotatable bonds is 4. The Morgan fingerprint density at radius 3 is 2.88 bits per heavy atom. The molecule has 0 aliphatic carbocycles. The molecule has 2 nitrogen and oxygen atoms in total. The maximum absolute atomic E-state index is 3.32. The highest BCUT2D eigenvalue weighted by atomic mass is 127. The molecule has 0 unspecified atom stereocenters. The maximum Gasteiger partial charge on any atom is 0.0477 e. The third kappa shape index (κ3) is 2.05. The molecular weight excluding hydrogens is 311 g/mol. The van der Waals surface area contributed by atoms with Gasteiger partial charge in [-0.3, -0.25) is 0 Å². The summed E-state index contributed by atoms with van der Waals surface area (Å²) in [6.07, 6.45) is 2.09. The van der Waals surface area contributed by atoms with Gasteiger partial charge in [-0.2, -0.15) is 0 Å². The molecule has 0 amide bonds. The molecule has 0 atom stereocenters. The number of hydrogen-bond donors (Lipinski definition) is 1. The first kappa shape index (κ1) is 11.8. The quantitative estimate of drug-likeness (QED) is 0.669. The maximum atomic E-state index is 3.32. The van der Waals surface area contributed by atoms with Gasteiger partial charge < -0.3 is 9.88 Å². The van der Waals surface area contributed by atoms with E-state index in [9.17, 15) is 0 Å². The Hall–Kier alpha value is -0.710. The van der Waals surface area contributed by atoms with Crippen LogP contribution in [0.5, 0.6) is 0 Å². The van der Waals surface area contributed by atoms with E-state index in [1.54, 1.807) is 0 Å². The summed E-state index contributed by atoms with van der Waals surface area (Å²) in [6, 6.07) is 6.49. The van der Waals surface area contributed by atoms with Gasteiger partial charge in [-0.1, -0.05) is 28.7 Å². The Labute approximate surface area is 110 Å². The lowest BCUT2D eigenvalue weighted by molar-refractivity contribution is 0.883. The molecule has 1 aromatic carbocycles. The molecule has 2 rings (SSSR count). The van der Waals surface area contributed by atoms with E-state index in [-0.39, 0.29) is 0 Å². The average Bonchev–Trinajstić information content (AvgIpc) is 2.68. The molecule has 86 valence electrons. The van der Waals surface area contributed by atoms with E-state index in [0.717, 1.165) is 17.5 Å². The fraction of sp³-hybridized carbons (Fsp3) is 0.385. The summed E-state index contributed by atoms with van der Waals surface area (Å²) in [5.41, 5.74) is 3.93. The van der Waals surface area contributed by atoms with Gasteiger partial charge in [0, 0.05) is 40.3 Å². The predicted octanol–water partition coefficient (Wildman–Crippen LogP) is 3.74. The summed E-state index contributed by atoms with van der Waals surface area (Å²) in [7, 11) is 0. The van der Waals surface area contributed by atoms with Crippen molar-refractivity contribution in [1.29, 1.82) is 0 Å². The van der Waals surface area contributed by atoms with E-state index in [4.69, 9.17) is 0 Å². The second kappa shape index (κ2) is 5.08. The zero-order valence-corrected chi connectivity index (χ0v) is 11.9. The van der Waals surface area contributed by atoms with E-state index in [1.807, 2.05) is 0 Å². The second-order valence-electron chi connectivity index (χ2n) is 3.94. The average molecular weight is 328 g/mol. The first-order chi connectivity index (χ1) is 7.77. The van der Waals surface area contributed by atoms with Crippen LogP contribution in [0.2, 0.25) is 0 Å². The Morgan fingerprint density at radius 2 is 2.19 bits per heavy atom. The molecule has 2 aromatic rings. The van der Waals surface area contributed by atoms with Crippen LogP contribution < -0.4 is 4.90 Å². The molecule has 0 aliphatic rings. The second-order valence-corrected chi connectivity index (χ2v) is 5.02. The van der Waals surface area contributed by atoms with Gasteiger partial charge >= 0.3 is 0 Å². The van der Waals surface area contributed by atoms with Crippen molar-refractivity contribution in [3.63, 3.8) is 0 Å². The Balaban J connectivity index is 2.53. The van der Waals surface area contributed by atoms with E-state index >= 15 is 0 Å². The van der Waals surface area contributed by atoms with Gasteiger partial charge in [0.2, 0.25) is 0 Å². The lowest BCUT2D eigenvalue weighted by atomic mass is 10.1. The van der Waals surface area contributed by atoms with Crippen LogP contribution >= 0.6 is 22.6 Å². The van der Waals surface area contributed by atoms with E-state index in [2.05, 4.69) is 70.7 Å². The largest absolute Gasteiger partial charge is 0.370 e. The van der Waals surface area contributed by atoms with Gasteiger partial charge in [0.1, 0.15) is 0 Å². The van der Waals surface area contributed by atoms with Gasteiger partial charge in [-0.05, 0) is 31.5 Å². The molecule has 1 N–H and O–H groups in total. The van der Waals surface area contributed by atoms with Crippen molar-refractivity contribution in [1.82, 2.24) is 4.98 Å². The molecule has 0 spiro atoms. The summed E-state index contributed by atoms with van der Waals surface area (Å²) >= 11 is 2.43. The number of halogens is 1. The van der Waals surface area contributed by atoms with Crippen molar-refractivity contribution >= 4 is 39.2 Å². The highest BCUT2D eigenvalue weighted by Gasteiger charge is 2.10. The summed E-state index contributed by atoms with van der Waals surface area (Å²) < 4.78 is 1.16. The highest BCUT2D eigenvalue weighted by Crippen LogP contribution is 2.29. The van der Waals surface area contributed by atoms with Crippen LogP contribution in [-0.2, 0) is 0 Å². The number of alkyl halides is 1. The van der Waals surface area contributed by atoms with Gasteiger partial charge in [0.05, 0.1) is 0 Å². The number of anilines is 1. The van der Waals surface area contributed by atoms with Crippen molar-refractivity contribution in [3.05, 3.63) is 30.0 Å². The molecule has 0 fully saturated rings. The number of benzene rings is 1. The number of fused-ring (bicyclic) bond motifs is 1. The van der Waals surface area contributed by atoms with Gasteiger partial charge in [-0.15, -0.1) is 0 Å². The fourth-order valence-electron chi connectivity index (χ4n) is 2.15. The molecule has 0 bridgehead atoms. The SMILES string of the molecule is CCN(CCI)c1cccc2[nH]cc(C)c12. The third-order valence-electron chi connectivity index (χ3n) is 2.96. The number of aromatic amines is 1. The first-order valence-electron chi connectivity index (χ1n) is 5.65. The van der Waals surface area contributed by atoms with Gasteiger partial charge in [0.25, 0.3) is 0 Å². The Kier molecular flexibility index (Phi) is 3.74. The van der Waals surface area contributed by atoms with Gasteiger partial charge in [0.15, 0.2) is 0 Å². The fourth-order valence-corrected chi connectivity index (χ4v) is 2.73. The molecule has 1 heterocycles. The first-order valence-corrected chi connectivity index (χ1v) is 7.18. The number of aryl methyl sites for hydroxylation is 1. The van der Waals surface area contributed by atoms with Crippen LogP contribution in [0.4, 0.5) is 5.69 Å². The molecular formula is C13H17IN2. The van der Waals surface area contributed by atoms with Crippen molar-refractivity contribution in [3.8, 4) is 0 Å². The number of nitrogens with zero attached hydrogens (tertiary/aromatic N) is 1. The number of aromatic nitrogens is 1. The number of nitrogens with one attached hydrogen (secondary N) is 1. The third-order valence-corrected chi connectivity index (χ3v) is 3.44. The molecule has 0 radical (unpaired) electrons. The monoisotopic (exact) mass is 328 g/mol. The molecule has 1 aromatic heterocycles. The van der Waals surface area contributed by atoms with Crippen molar-refractivity contribution in [2.75, 3.05) is 22.4 Å². The smallest absolute Gasteiger partial charge is 0.0477 e. The van der Waals surface area contributed by atoms with Crippen molar-refractivity contribution in [2.24, 2.45) is 0 Å². The molecule has 3 heteroatoms. The summed E-state index contributed by atoms with van der Waals surface area (Å²) in [6.45, 7) is 6.56. The summed E-state index contributed by atoms with van der Waals surface area (Å²) in [4.78, 5) is 5.76. The zero-order chi connectivity index (χ0) is 11.5. The normalized spacial score (nSPS) is 10.9. The zero-order valence-electron chi connectivity index (χ0n) is 9.76. The Morgan fingerprint density at radius 1 is 1.38 bits per heavy atom. The highest BCUT2D eigenvalue weighted by molar-refractivity contribution is 14.1. The summed E-state index contributed by atoms with van der Waals surface area (Å²) in [5.74, 6) is 0. The minimum atomic E-state index is 1.06. The molecule has 0 saturated carbocycles. The van der Waals surface area contributed by atoms with E-state index in [0.29, 0.717) is 0 Å². The predicted molar refractivity (Wildman–Crippen MR) is 79.8 cm³/mol. The number of hydrogen-bond acceptors (Lipinski definition) is 1. The van der Waals surface area contributed by atoms with Crippen LogP contribution in [0.1, 0.15) is 12.5 Å². The minimum Gasteiger partial charge on any atom is -0.370 e. The van der Waals surface area contributed by atoms with Crippen molar-refractivity contribution in [2.45, 2.75) is 13.8 Å². The Bertz CT molecular complexity index is 476. The lowest BCUT2D eigenvalue weighted by Crippen LogP contribution is -2.24. The van der Waals surface area contributed by atoms with Crippen LogP contribution in [0.15, 0.2) is 24.4 Å². The van der Waals surface area contributed by atoms with Crippen LogP contribution in [0, 0.1) is 6.92 Å². The van der Waals surface area contributed by atoms with Crippen LogP contribution in [0.25, 0.3) is 10.9 Å². The molecule has 16 heavy (non-hydrogen) atoms. The molecule has 0 saturated heterocycles. The topological polar surface area (TPSA) is 19.0 Å². The van der Waals surface area contributed by atoms with Crippen LogP contribution in [0.3, 0.4) is 0 Å². The van der Waals surface area contributed by atoms with Crippen LogP contribution in [-0.4, -0.2) is 22.5 Å². The number of H-pyrrole nitrogens is 1. The van der Waals surface area contributed by atoms with Crippen molar-refractivity contribution < 1.29 is 0 Å². The van der Waals surface area contributed by atoms with Gasteiger partial charge in [-0.25, -0.2) is 0 Å². The van der Waals surface area contributed by atoms with E-state index in [1.165, 1.54) is 22.2 Å². The molecule has 0 aliphatic heterocycles.